The van der Waals surface area contributed by atoms with Crippen molar-refractivity contribution in [1.82, 2.24) is 0 Å². The third-order valence-electron chi connectivity index (χ3n) is 11.9. The minimum absolute atomic E-state index is 0. The van der Waals surface area contributed by atoms with Crippen molar-refractivity contribution in [2.75, 3.05) is 40.4 Å². The van der Waals surface area contributed by atoms with Crippen LogP contribution in [0.15, 0.2) is 86.7 Å². The molecule has 0 amide bonds. The van der Waals surface area contributed by atoms with Crippen molar-refractivity contribution in [2.45, 2.75) is 122 Å². The Morgan fingerprint density at radius 3 is 1.98 bits per heavy atom. The lowest BCUT2D eigenvalue weighted by molar-refractivity contribution is -0.880. The van der Waals surface area contributed by atoms with Crippen molar-refractivity contribution < 1.29 is 49.8 Å². The smallest absolute Gasteiger partial charge is 0.308 e. The number of hydrogen-bond acceptors (Lipinski definition) is 12. The largest absolute Gasteiger partial charge is 0.744 e. The summed E-state index contributed by atoms with van der Waals surface area (Å²) in [6.07, 6.45) is 13.8. The number of benzene rings is 4. The third-order valence-corrected chi connectivity index (χ3v) is 13.7. The molecule has 1 aliphatic heterocycles. The Bertz CT molecular complexity index is 2380. The number of esters is 1. The van der Waals surface area contributed by atoms with Crippen molar-refractivity contribution in [3.8, 4) is 11.5 Å². The predicted octanol–water partition coefficient (Wildman–Crippen LogP) is 11.1. The molecule has 0 spiro atoms. The van der Waals surface area contributed by atoms with Gasteiger partial charge in [-0.3, -0.25) is 4.79 Å². The van der Waals surface area contributed by atoms with Crippen LogP contribution in [0.2, 0.25) is 0 Å². The number of azo groups is 1. The molecule has 3 unspecified atom stereocenters. The van der Waals surface area contributed by atoms with Crippen LogP contribution >= 0.6 is 0 Å². The molecular weight excluding hydrogens is 855 g/mol. The molecule has 0 radical (unpaired) electrons. The van der Waals surface area contributed by atoms with Gasteiger partial charge in [-0.2, -0.15) is 5.11 Å². The van der Waals surface area contributed by atoms with Crippen molar-refractivity contribution in [3.05, 3.63) is 83.4 Å². The highest BCUT2D eigenvalue weighted by molar-refractivity contribution is 7.86. The van der Waals surface area contributed by atoms with Crippen molar-refractivity contribution in [3.63, 3.8) is 0 Å². The molecule has 1 heterocycles. The highest BCUT2D eigenvalue weighted by Gasteiger charge is 2.38. The summed E-state index contributed by atoms with van der Waals surface area (Å²) >= 11 is 0. The quantitative estimate of drug-likeness (QED) is 0.0276. The Morgan fingerprint density at radius 1 is 0.781 bits per heavy atom. The summed E-state index contributed by atoms with van der Waals surface area (Å²) in [5.41, 5.74) is 1.84. The van der Waals surface area contributed by atoms with Crippen LogP contribution in [0, 0.1) is 31.6 Å². The highest BCUT2D eigenvalue weighted by atomic mass is 32.2. The molecule has 0 aromatic heterocycles. The van der Waals surface area contributed by atoms with Gasteiger partial charge in [0.05, 0.1) is 48.6 Å². The number of aromatic hydroxyl groups is 1. The highest BCUT2D eigenvalue weighted by Crippen LogP contribution is 2.40. The molecule has 15 heteroatoms. The molecule has 64 heavy (non-hydrogen) atoms. The first kappa shape index (κ1) is 53.9. The van der Waals surface area contributed by atoms with E-state index in [4.69, 9.17) is 9.47 Å². The number of unbranched alkanes of at least 4 members (excludes halogenated alkanes) is 6. The summed E-state index contributed by atoms with van der Waals surface area (Å²) in [7, 11) is -4.97. The molecule has 1 fully saturated rings. The van der Waals surface area contributed by atoms with E-state index in [1.54, 1.807) is 13.0 Å². The van der Waals surface area contributed by atoms with Crippen molar-refractivity contribution >= 4 is 48.4 Å². The molecule has 4 aromatic rings. The summed E-state index contributed by atoms with van der Waals surface area (Å²) in [5, 5.41) is 18.2. The van der Waals surface area contributed by atoms with Gasteiger partial charge in [0.25, 0.3) is 0 Å². The van der Waals surface area contributed by atoms with E-state index in [-0.39, 0.29) is 47.0 Å². The summed E-state index contributed by atoms with van der Waals surface area (Å²) < 4.78 is 81.4. The van der Waals surface area contributed by atoms with E-state index in [1.165, 1.54) is 101 Å². The Labute approximate surface area is 382 Å². The van der Waals surface area contributed by atoms with Gasteiger partial charge in [0.2, 0.25) is 0 Å². The van der Waals surface area contributed by atoms with Crippen molar-refractivity contribution in [1.29, 1.82) is 0 Å². The molecule has 1 aliphatic rings. The summed E-state index contributed by atoms with van der Waals surface area (Å²) in [5.74, 6) is 1.83. The van der Waals surface area contributed by atoms with Crippen LogP contribution in [0.4, 0.5) is 11.4 Å². The zero-order chi connectivity index (χ0) is 46.4. The van der Waals surface area contributed by atoms with Crippen LogP contribution in [-0.4, -0.2) is 81.9 Å². The van der Waals surface area contributed by atoms with E-state index in [9.17, 15) is 35.8 Å². The Morgan fingerprint density at radius 2 is 1.36 bits per heavy atom. The number of phenolic OH excluding ortho intramolecular Hbond substituents is 1. The number of fused-ring (bicyclic) bond motifs is 1. The van der Waals surface area contributed by atoms with Gasteiger partial charge in [-0.05, 0) is 86.9 Å². The topological polar surface area (TPSA) is 195 Å². The Hall–Kier alpha value is -4.41. The van der Waals surface area contributed by atoms with E-state index >= 15 is 0 Å². The fraction of sp³-hybridized carbons (Fsp3) is 0.531. The van der Waals surface area contributed by atoms with Crippen LogP contribution in [0.3, 0.4) is 0 Å². The number of aryl methyl sites for hydroxylation is 3. The molecule has 0 bridgehead atoms. The lowest BCUT2D eigenvalue weighted by Gasteiger charge is -2.23. The average Bonchev–Trinajstić information content (AvgIpc) is 3.54. The zero-order valence-corrected chi connectivity index (χ0v) is 39.6. The number of rotatable bonds is 21. The van der Waals surface area contributed by atoms with E-state index in [0.717, 1.165) is 53.5 Å². The fourth-order valence-corrected chi connectivity index (χ4v) is 9.81. The van der Waals surface area contributed by atoms with Crippen LogP contribution < -0.4 is 4.74 Å². The van der Waals surface area contributed by atoms with Gasteiger partial charge < -0.3 is 28.2 Å². The SMILES string of the molecule is C.CCCCCCCCCc1ccc(OCCOC(=O)C(C)CCC2C[N+](C)(C)CC2CC)cc1.Cc1cc(C)c(S(=O)(=O)[O-])cc1N=Nc1cc(S(=O)(=O)[O-])c2ccccc2c1O. The number of quaternary nitrogens is 1. The standard InChI is InChI=1S/C30H52NO3.C18H16N2O7S2.CH4/c1-6-8-9-10-11-12-13-14-26-16-19-29(20-17-26)33-21-22-34-30(32)25(3)15-18-28-24-31(4,5)23-27(28)7-2;1-10-7-11(2)16(28(22,23)24)8-14(10)19-20-15-9-17(29(25,26)27)12-5-3-4-6-13(12)18(15)21;/h16-17,19-20,25,27-28H,6-15,18,21-24H2,1-5H3;3-9,21H,1-2H3,(H,22,23,24)(H,25,26,27);1H4/q+1;;/p-2. The van der Waals surface area contributed by atoms with Gasteiger partial charge in [-0.15, -0.1) is 5.11 Å². The maximum absolute atomic E-state index is 12.4. The lowest BCUT2D eigenvalue weighted by atomic mass is 9.87. The van der Waals surface area contributed by atoms with Gasteiger partial charge in [-0.1, -0.05) is 109 Å². The number of carbonyl (C=O) groups excluding carboxylic acids is 1. The summed E-state index contributed by atoms with van der Waals surface area (Å²) in [6.45, 7) is 12.8. The van der Waals surface area contributed by atoms with Crippen LogP contribution in [0.5, 0.6) is 11.5 Å². The second kappa shape index (κ2) is 24.8. The fourth-order valence-electron chi connectivity index (χ4n) is 8.40. The zero-order valence-electron chi connectivity index (χ0n) is 38.0. The molecule has 0 saturated carbocycles. The minimum Gasteiger partial charge on any atom is -0.744 e. The number of likely N-dealkylation sites (tertiary alicyclic amines) is 1. The molecule has 0 aliphatic carbocycles. The Balaban J connectivity index is 0.000000339. The molecule has 1 N–H and O–H groups in total. The van der Waals surface area contributed by atoms with Gasteiger partial charge in [-0.25, -0.2) is 16.8 Å². The first-order valence-corrected chi connectivity index (χ1v) is 25.0. The molecule has 1 saturated heterocycles. The number of carbonyl (C=O) groups is 1. The molecule has 354 valence electrons. The molecule has 4 aromatic carbocycles. The summed E-state index contributed by atoms with van der Waals surface area (Å²) in [4.78, 5) is 11.3. The predicted molar refractivity (Wildman–Crippen MR) is 250 cm³/mol. The van der Waals surface area contributed by atoms with E-state index < -0.39 is 35.8 Å². The molecule has 13 nitrogen and oxygen atoms in total. The number of hydrogen-bond donors (Lipinski definition) is 1. The monoisotopic (exact) mass is 924 g/mol. The van der Waals surface area contributed by atoms with Gasteiger partial charge in [0.15, 0.2) is 5.75 Å². The van der Waals surface area contributed by atoms with E-state index in [2.05, 4.69) is 50.3 Å². The number of phenols is 1. The van der Waals surface area contributed by atoms with E-state index in [1.807, 2.05) is 19.1 Å². The summed E-state index contributed by atoms with van der Waals surface area (Å²) in [6, 6.07) is 17.6. The number of ether oxygens (including phenoxy) is 2. The number of nitrogens with zero attached hydrogens (tertiary/aromatic N) is 3. The average molecular weight is 925 g/mol. The van der Waals surface area contributed by atoms with Gasteiger partial charge in [0, 0.05) is 22.6 Å². The first-order valence-electron chi connectivity index (χ1n) is 22.1. The Kier molecular flexibility index (Phi) is 20.9. The minimum atomic E-state index is -4.87. The molecule has 3 atom stereocenters. The van der Waals surface area contributed by atoms with Crippen molar-refractivity contribution in [2.24, 2.45) is 28.0 Å². The normalized spacial score (nSPS) is 16.5. The van der Waals surface area contributed by atoms with Crippen LogP contribution in [0.25, 0.3) is 10.8 Å². The van der Waals surface area contributed by atoms with Crippen LogP contribution in [-0.2, 0) is 36.2 Å². The maximum Gasteiger partial charge on any atom is 0.308 e. The lowest BCUT2D eigenvalue weighted by Crippen LogP contribution is -2.37. The second-order valence-electron chi connectivity index (χ2n) is 17.5. The maximum atomic E-state index is 12.4. The molecule has 5 rings (SSSR count). The van der Waals surface area contributed by atoms with Gasteiger partial charge in [0.1, 0.15) is 44.9 Å². The van der Waals surface area contributed by atoms with E-state index in [0.29, 0.717) is 18.8 Å². The molecular formula is C49H70N3O10S2-. The van der Waals surface area contributed by atoms with Gasteiger partial charge >= 0.3 is 5.97 Å². The third kappa shape index (κ3) is 16.2. The first-order chi connectivity index (χ1) is 29.7. The second-order valence-corrected chi connectivity index (χ2v) is 20.2. The van der Waals surface area contributed by atoms with Crippen LogP contribution in [0.1, 0.15) is 109 Å².